The van der Waals surface area contributed by atoms with E-state index >= 15 is 0 Å². The second-order valence-electron chi connectivity index (χ2n) is 6.53. The van der Waals surface area contributed by atoms with Gasteiger partial charge >= 0.3 is 6.03 Å². The van der Waals surface area contributed by atoms with Gasteiger partial charge in [-0.1, -0.05) is 18.2 Å². The molecule has 0 aromatic heterocycles. The van der Waals surface area contributed by atoms with Gasteiger partial charge in [-0.3, -0.25) is 4.79 Å². The number of piperidine rings is 1. The number of amides is 3. The summed E-state index contributed by atoms with van der Waals surface area (Å²) in [6.45, 7) is 2.91. The molecule has 3 rings (SSSR count). The van der Waals surface area contributed by atoms with Crippen molar-refractivity contribution >= 4 is 23.3 Å². The molecule has 1 atom stereocenters. The van der Waals surface area contributed by atoms with E-state index in [-0.39, 0.29) is 23.7 Å². The standard InChI is InChI=1S/C20H22FN3O2/c1-14-5-2-3-7-18(14)23-19(25)15-6-4-12-24(13-15)20(26)22-17-10-8-16(21)9-11-17/h2-3,5,7-11,15H,4,6,12-13H2,1H3,(H,22,26)(H,23,25)/t15-/m0/s1. The average Bonchev–Trinajstić information content (AvgIpc) is 2.65. The summed E-state index contributed by atoms with van der Waals surface area (Å²) in [5.41, 5.74) is 2.33. The van der Waals surface area contributed by atoms with Crippen molar-refractivity contribution in [1.29, 1.82) is 0 Å². The molecule has 1 aliphatic rings. The first kappa shape index (κ1) is 17.9. The Morgan fingerprint density at radius 2 is 1.81 bits per heavy atom. The zero-order valence-electron chi connectivity index (χ0n) is 14.7. The summed E-state index contributed by atoms with van der Waals surface area (Å²) in [5.74, 6) is -0.671. The van der Waals surface area contributed by atoms with Gasteiger partial charge in [0.05, 0.1) is 5.92 Å². The molecule has 3 amide bonds. The van der Waals surface area contributed by atoms with Crippen LogP contribution in [-0.2, 0) is 4.79 Å². The summed E-state index contributed by atoms with van der Waals surface area (Å²) in [6, 6.07) is 13.0. The van der Waals surface area contributed by atoms with Crippen LogP contribution in [0, 0.1) is 18.7 Å². The Morgan fingerprint density at radius 1 is 1.08 bits per heavy atom. The number of anilines is 2. The minimum absolute atomic E-state index is 0.0708. The molecule has 0 saturated carbocycles. The number of para-hydroxylation sites is 1. The number of nitrogens with zero attached hydrogens (tertiary/aromatic N) is 1. The van der Waals surface area contributed by atoms with Crippen LogP contribution in [-0.4, -0.2) is 29.9 Å². The Kier molecular flexibility index (Phi) is 5.51. The van der Waals surface area contributed by atoms with Gasteiger partial charge in [0.1, 0.15) is 5.82 Å². The van der Waals surface area contributed by atoms with E-state index in [4.69, 9.17) is 0 Å². The quantitative estimate of drug-likeness (QED) is 0.874. The van der Waals surface area contributed by atoms with E-state index in [2.05, 4.69) is 10.6 Å². The molecular weight excluding hydrogens is 333 g/mol. The normalized spacial score (nSPS) is 16.8. The van der Waals surface area contributed by atoms with Crippen LogP contribution in [0.1, 0.15) is 18.4 Å². The number of carbonyl (C=O) groups excluding carboxylic acids is 2. The van der Waals surface area contributed by atoms with Crippen LogP contribution in [0.25, 0.3) is 0 Å². The van der Waals surface area contributed by atoms with Crippen molar-refractivity contribution < 1.29 is 14.0 Å². The maximum atomic E-state index is 13.0. The first-order valence-corrected chi connectivity index (χ1v) is 8.71. The molecule has 0 radical (unpaired) electrons. The fourth-order valence-electron chi connectivity index (χ4n) is 3.06. The van der Waals surface area contributed by atoms with Crippen molar-refractivity contribution in [3.63, 3.8) is 0 Å². The van der Waals surface area contributed by atoms with Gasteiger partial charge in [0.25, 0.3) is 0 Å². The molecule has 136 valence electrons. The highest BCUT2D eigenvalue weighted by Crippen LogP contribution is 2.21. The van der Waals surface area contributed by atoms with E-state index in [1.54, 1.807) is 4.90 Å². The highest BCUT2D eigenvalue weighted by Gasteiger charge is 2.28. The summed E-state index contributed by atoms with van der Waals surface area (Å²) >= 11 is 0. The minimum Gasteiger partial charge on any atom is -0.326 e. The lowest BCUT2D eigenvalue weighted by atomic mass is 9.97. The van der Waals surface area contributed by atoms with Crippen molar-refractivity contribution in [3.8, 4) is 0 Å². The maximum absolute atomic E-state index is 13.0. The number of halogens is 1. The molecule has 26 heavy (non-hydrogen) atoms. The lowest BCUT2D eigenvalue weighted by Crippen LogP contribution is -2.45. The molecule has 2 N–H and O–H groups in total. The van der Waals surface area contributed by atoms with Crippen LogP contribution in [0.15, 0.2) is 48.5 Å². The van der Waals surface area contributed by atoms with E-state index in [0.29, 0.717) is 18.8 Å². The third-order valence-electron chi connectivity index (χ3n) is 4.58. The summed E-state index contributed by atoms with van der Waals surface area (Å²) in [4.78, 5) is 26.6. The first-order valence-electron chi connectivity index (χ1n) is 8.71. The number of hydrogen-bond acceptors (Lipinski definition) is 2. The van der Waals surface area contributed by atoms with Crippen molar-refractivity contribution in [3.05, 3.63) is 59.9 Å². The first-order chi connectivity index (χ1) is 12.5. The molecule has 6 heteroatoms. The Morgan fingerprint density at radius 3 is 2.54 bits per heavy atom. The van der Waals surface area contributed by atoms with Gasteiger partial charge in [0, 0.05) is 24.5 Å². The number of hydrogen-bond donors (Lipinski definition) is 2. The molecule has 0 spiro atoms. The molecule has 2 aromatic carbocycles. The van der Waals surface area contributed by atoms with Gasteiger partial charge < -0.3 is 15.5 Å². The van der Waals surface area contributed by atoms with Crippen molar-refractivity contribution in [2.24, 2.45) is 5.92 Å². The molecule has 2 aromatic rings. The molecule has 1 aliphatic heterocycles. The van der Waals surface area contributed by atoms with Crippen LogP contribution in [0.3, 0.4) is 0 Å². The molecule has 1 heterocycles. The van der Waals surface area contributed by atoms with Crippen LogP contribution >= 0.6 is 0 Å². The highest BCUT2D eigenvalue weighted by molar-refractivity contribution is 5.94. The zero-order chi connectivity index (χ0) is 18.5. The largest absolute Gasteiger partial charge is 0.326 e. The minimum atomic E-state index is -0.353. The molecular formula is C20H22FN3O2. The summed E-state index contributed by atoms with van der Waals surface area (Å²) < 4.78 is 13.0. The van der Waals surface area contributed by atoms with Gasteiger partial charge in [-0.05, 0) is 55.7 Å². The van der Waals surface area contributed by atoms with Gasteiger partial charge in [-0.2, -0.15) is 0 Å². The lowest BCUT2D eigenvalue weighted by molar-refractivity contribution is -0.121. The van der Waals surface area contributed by atoms with E-state index in [1.807, 2.05) is 31.2 Å². The van der Waals surface area contributed by atoms with E-state index < -0.39 is 0 Å². The predicted molar refractivity (Wildman–Crippen MR) is 99.5 cm³/mol. The number of urea groups is 1. The second kappa shape index (κ2) is 7.99. The SMILES string of the molecule is Cc1ccccc1NC(=O)[C@H]1CCCN(C(=O)Nc2ccc(F)cc2)C1. The Bertz CT molecular complexity index is 792. The zero-order valence-corrected chi connectivity index (χ0v) is 14.7. The van der Waals surface area contributed by atoms with Gasteiger partial charge in [0.2, 0.25) is 5.91 Å². The summed E-state index contributed by atoms with van der Waals surface area (Å²) in [6.07, 6.45) is 1.51. The fourth-order valence-corrected chi connectivity index (χ4v) is 3.06. The second-order valence-corrected chi connectivity index (χ2v) is 6.53. The van der Waals surface area contributed by atoms with Crippen molar-refractivity contribution in [2.45, 2.75) is 19.8 Å². The third-order valence-corrected chi connectivity index (χ3v) is 4.58. The molecule has 0 unspecified atom stereocenters. The van der Waals surface area contributed by atoms with Gasteiger partial charge in [-0.15, -0.1) is 0 Å². The van der Waals surface area contributed by atoms with Crippen LogP contribution < -0.4 is 10.6 Å². The molecule has 0 bridgehead atoms. The Hall–Kier alpha value is -2.89. The summed E-state index contributed by atoms with van der Waals surface area (Å²) in [5, 5.41) is 5.70. The van der Waals surface area contributed by atoms with E-state index in [0.717, 1.165) is 24.1 Å². The van der Waals surface area contributed by atoms with Gasteiger partial charge in [0.15, 0.2) is 0 Å². The molecule has 1 saturated heterocycles. The Labute approximate surface area is 152 Å². The Balaban J connectivity index is 1.59. The lowest BCUT2D eigenvalue weighted by Gasteiger charge is -2.32. The average molecular weight is 355 g/mol. The van der Waals surface area contributed by atoms with Crippen LogP contribution in [0.5, 0.6) is 0 Å². The van der Waals surface area contributed by atoms with Crippen LogP contribution in [0.4, 0.5) is 20.6 Å². The van der Waals surface area contributed by atoms with Crippen molar-refractivity contribution in [1.82, 2.24) is 4.90 Å². The predicted octanol–water partition coefficient (Wildman–Crippen LogP) is 4.02. The number of nitrogens with one attached hydrogen (secondary N) is 2. The highest BCUT2D eigenvalue weighted by atomic mass is 19.1. The molecule has 5 nitrogen and oxygen atoms in total. The van der Waals surface area contributed by atoms with E-state index in [1.165, 1.54) is 24.3 Å². The van der Waals surface area contributed by atoms with E-state index in [9.17, 15) is 14.0 Å². The molecule has 1 fully saturated rings. The van der Waals surface area contributed by atoms with Crippen LogP contribution in [0.2, 0.25) is 0 Å². The maximum Gasteiger partial charge on any atom is 0.321 e. The van der Waals surface area contributed by atoms with Crippen molar-refractivity contribution in [2.75, 3.05) is 23.7 Å². The topological polar surface area (TPSA) is 61.4 Å². The monoisotopic (exact) mass is 355 g/mol. The number of benzene rings is 2. The third kappa shape index (κ3) is 4.39. The number of likely N-dealkylation sites (tertiary alicyclic amines) is 1. The smallest absolute Gasteiger partial charge is 0.321 e. The number of rotatable bonds is 3. The van der Waals surface area contributed by atoms with Gasteiger partial charge in [-0.25, -0.2) is 9.18 Å². The number of carbonyl (C=O) groups is 2. The number of aryl methyl sites for hydroxylation is 1. The molecule has 0 aliphatic carbocycles. The summed E-state index contributed by atoms with van der Waals surface area (Å²) in [7, 11) is 0. The fraction of sp³-hybridized carbons (Fsp3) is 0.300.